The quantitative estimate of drug-likeness (QED) is 0.335. The van der Waals surface area contributed by atoms with Crippen LogP contribution in [-0.2, 0) is 27.2 Å². The Bertz CT molecular complexity index is 1580. The topological polar surface area (TPSA) is 138 Å². The molecule has 1 aliphatic heterocycles. The van der Waals surface area contributed by atoms with E-state index < -0.39 is 23.9 Å². The molecule has 3 aromatic rings. The maximum Gasteiger partial charge on any atom is 0.411 e. The van der Waals surface area contributed by atoms with Gasteiger partial charge in [0.1, 0.15) is 22.5 Å². The maximum absolute atomic E-state index is 14.6. The van der Waals surface area contributed by atoms with Crippen LogP contribution in [0.3, 0.4) is 0 Å². The molecule has 10 nitrogen and oxygen atoms in total. The summed E-state index contributed by atoms with van der Waals surface area (Å²) >= 11 is 6.63. The van der Waals surface area contributed by atoms with E-state index in [4.69, 9.17) is 16.6 Å². The van der Waals surface area contributed by atoms with E-state index >= 15 is 0 Å². The second-order valence-corrected chi connectivity index (χ2v) is 10.3. The van der Waals surface area contributed by atoms with E-state index in [1.807, 2.05) is 12.2 Å². The number of pyridine rings is 1. The molecule has 2 atom stereocenters. The molecule has 1 aromatic carbocycles. The number of aromatic nitrogens is 3. The van der Waals surface area contributed by atoms with Gasteiger partial charge in [0.15, 0.2) is 0 Å². The molecule has 0 fully saturated rings. The molecular weight excluding hydrogens is 551 g/mol. The number of imidazole rings is 1. The van der Waals surface area contributed by atoms with Crippen LogP contribution in [0.2, 0.25) is 5.15 Å². The molecule has 0 radical (unpaired) electrons. The molecule has 3 heterocycles. The normalized spacial score (nSPS) is 18.3. The molecule has 5 rings (SSSR count). The molecule has 212 valence electrons. The van der Waals surface area contributed by atoms with Crippen LogP contribution in [0.15, 0.2) is 54.1 Å². The lowest BCUT2D eigenvalue weighted by Gasteiger charge is -2.19. The average Bonchev–Trinajstić information content (AvgIpc) is 3.34. The summed E-state index contributed by atoms with van der Waals surface area (Å²) in [6, 6.07) is 6.96. The zero-order valence-electron chi connectivity index (χ0n) is 22.4. The first kappa shape index (κ1) is 28.0. The number of hydrogen-bond donors (Lipinski definition) is 4. The number of ether oxygens (including phenoxy) is 1. The highest BCUT2D eigenvalue weighted by atomic mass is 35.5. The number of carbonyl (C=O) groups is 3. The van der Waals surface area contributed by atoms with Gasteiger partial charge in [-0.2, -0.15) is 0 Å². The van der Waals surface area contributed by atoms with Gasteiger partial charge in [0.05, 0.1) is 24.5 Å². The first-order valence-electron chi connectivity index (χ1n) is 13.1. The number of hydrogen-bond acceptors (Lipinski definition) is 6. The van der Waals surface area contributed by atoms with Gasteiger partial charge in [0, 0.05) is 41.8 Å². The molecule has 1 aliphatic carbocycles. The van der Waals surface area contributed by atoms with E-state index in [1.165, 1.54) is 13.2 Å². The molecule has 2 aromatic heterocycles. The summed E-state index contributed by atoms with van der Waals surface area (Å²) < 4.78 is 19.3. The van der Waals surface area contributed by atoms with Crippen LogP contribution in [0.1, 0.15) is 43.0 Å². The number of aromatic amines is 1. The van der Waals surface area contributed by atoms with Gasteiger partial charge in [-0.3, -0.25) is 19.9 Å². The van der Waals surface area contributed by atoms with Crippen LogP contribution in [-0.4, -0.2) is 40.0 Å². The molecule has 0 saturated heterocycles. The average molecular weight is 579 g/mol. The molecule has 4 bridgehead atoms. The fourth-order valence-electron chi connectivity index (χ4n) is 4.64. The zero-order chi connectivity index (χ0) is 29.1. The van der Waals surface area contributed by atoms with Crippen molar-refractivity contribution in [3.05, 3.63) is 82.3 Å². The fourth-order valence-corrected chi connectivity index (χ4v) is 4.88. The molecule has 4 N–H and O–H groups in total. The van der Waals surface area contributed by atoms with E-state index in [0.29, 0.717) is 45.6 Å². The second kappa shape index (κ2) is 11.9. The molecule has 1 unspecified atom stereocenters. The van der Waals surface area contributed by atoms with Gasteiger partial charge in [-0.1, -0.05) is 36.8 Å². The lowest BCUT2D eigenvalue weighted by Crippen LogP contribution is -2.32. The Hall–Kier alpha value is -4.51. The van der Waals surface area contributed by atoms with Crippen LogP contribution >= 0.6 is 11.6 Å². The van der Waals surface area contributed by atoms with Gasteiger partial charge in [-0.05, 0) is 42.7 Å². The number of aryl methyl sites for hydroxylation is 1. The maximum atomic E-state index is 14.6. The van der Waals surface area contributed by atoms with Gasteiger partial charge >= 0.3 is 6.09 Å². The van der Waals surface area contributed by atoms with Gasteiger partial charge in [-0.25, -0.2) is 14.2 Å². The van der Waals surface area contributed by atoms with E-state index in [1.54, 1.807) is 30.3 Å². The third kappa shape index (κ3) is 6.46. The number of nitrogens with zero attached hydrogens (tertiary/aromatic N) is 2. The monoisotopic (exact) mass is 578 g/mol. The highest BCUT2D eigenvalue weighted by Crippen LogP contribution is 2.36. The lowest BCUT2D eigenvalue weighted by atomic mass is 9.98. The molecule has 3 amide bonds. The van der Waals surface area contributed by atoms with E-state index in [9.17, 15) is 18.8 Å². The van der Waals surface area contributed by atoms with Crippen LogP contribution in [0.4, 0.5) is 20.6 Å². The first-order valence-corrected chi connectivity index (χ1v) is 13.5. The molecule has 0 spiro atoms. The first-order chi connectivity index (χ1) is 19.7. The summed E-state index contributed by atoms with van der Waals surface area (Å²) in [5.41, 5.74) is 2.65. The molecule has 12 heteroatoms. The van der Waals surface area contributed by atoms with Gasteiger partial charge in [0.2, 0.25) is 5.91 Å². The minimum Gasteiger partial charge on any atom is -0.453 e. The summed E-state index contributed by atoms with van der Waals surface area (Å²) in [6.45, 7) is 2.07. The van der Waals surface area contributed by atoms with Crippen molar-refractivity contribution >= 4 is 40.9 Å². The van der Waals surface area contributed by atoms with Crippen molar-refractivity contribution in [1.29, 1.82) is 0 Å². The van der Waals surface area contributed by atoms with Crippen LogP contribution in [0, 0.1) is 11.7 Å². The highest BCUT2D eigenvalue weighted by Gasteiger charge is 2.26. The summed E-state index contributed by atoms with van der Waals surface area (Å²) in [5, 5.41) is 8.57. The zero-order valence-corrected chi connectivity index (χ0v) is 23.1. The number of methoxy groups -OCH3 is 1. The minimum absolute atomic E-state index is 0.0521. The molecule has 0 saturated carbocycles. The third-order valence-electron chi connectivity index (χ3n) is 6.85. The standard InChI is InChI=1S/C29H28ClFN6O4/c1-15-3-5-16(6-4-15)28(39)35-23-14-17-8-10-20(31)21(32-17)11-12-24(38)34-22-13-18(33-29(40)41-2)7-9-19(22)25-26(30)37-27(23)36-25/h3,5-10,13,15,23H,4,11-12,14H2,1-2H3,(H,33,40)(H,34,38)(H,35,39)(H,36,37)/t15-,23?/m0/s1. The summed E-state index contributed by atoms with van der Waals surface area (Å²) in [4.78, 5) is 50.1. The smallest absolute Gasteiger partial charge is 0.411 e. The Morgan fingerprint density at radius 3 is 2.76 bits per heavy atom. The number of anilines is 2. The van der Waals surface area contributed by atoms with Gasteiger partial charge in [0.25, 0.3) is 5.91 Å². The van der Waals surface area contributed by atoms with Crippen LogP contribution in [0.25, 0.3) is 11.3 Å². The number of H-pyrrole nitrogens is 1. The summed E-state index contributed by atoms with van der Waals surface area (Å²) in [6.07, 6.45) is 5.91. The van der Waals surface area contributed by atoms with Crippen molar-refractivity contribution in [3.63, 3.8) is 0 Å². The van der Waals surface area contributed by atoms with E-state index in [-0.39, 0.29) is 36.0 Å². The van der Waals surface area contributed by atoms with Crippen molar-refractivity contribution in [3.8, 4) is 11.3 Å². The lowest BCUT2D eigenvalue weighted by molar-refractivity contribution is -0.118. The number of fused-ring (bicyclic) bond motifs is 6. The Labute approximate surface area is 240 Å². The van der Waals surface area contributed by atoms with E-state index in [0.717, 1.165) is 6.42 Å². The Morgan fingerprint density at radius 1 is 1.17 bits per heavy atom. The summed E-state index contributed by atoms with van der Waals surface area (Å²) in [5.74, 6) is -0.523. The van der Waals surface area contributed by atoms with Crippen molar-refractivity contribution in [2.75, 3.05) is 17.7 Å². The van der Waals surface area contributed by atoms with Crippen molar-refractivity contribution in [1.82, 2.24) is 20.3 Å². The van der Waals surface area contributed by atoms with Crippen LogP contribution < -0.4 is 16.0 Å². The highest BCUT2D eigenvalue weighted by molar-refractivity contribution is 6.32. The van der Waals surface area contributed by atoms with Crippen molar-refractivity contribution < 1.29 is 23.5 Å². The number of benzene rings is 1. The van der Waals surface area contributed by atoms with Crippen molar-refractivity contribution in [2.24, 2.45) is 5.92 Å². The SMILES string of the molecule is COC(=O)Nc1ccc2c(c1)NC(=O)CCc1nc(ccc1F)CC(NC(=O)C1=CC[C@@H](C)C=C1)c1nc-2c(Cl)[nH]1. The van der Waals surface area contributed by atoms with Gasteiger partial charge < -0.3 is 20.4 Å². The fraction of sp³-hybridized carbons (Fsp3) is 0.276. The molecule has 41 heavy (non-hydrogen) atoms. The minimum atomic E-state index is -0.686. The number of allylic oxidation sites excluding steroid dienone is 2. The predicted octanol–water partition coefficient (Wildman–Crippen LogP) is 5.25. The largest absolute Gasteiger partial charge is 0.453 e. The molecule has 2 aliphatic rings. The van der Waals surface area contributed by atoms with Crippen molar-refractivity contribution in [2.45, 2.75) is 38.6 Å². The molecular formula is C29H28ClFN6O4. The number of nitrogens with one attached hydrogen (secondary N) is 4. The van der Waals surface area contributed by atoms with E-state index in [2.05, 4.69) is 37.6 Å². The van der Waals surface area contributed by atoms with Gasteiger partial charge in [-0.15, -0.1) is 0 Å². The number of rotatable bonds is 3. The number of amides is 3. The summed E-state index contributed by atoms with van der Waals surface area (Å²) in [7, 11) is 1.24. The van der Waals surface area contributed by atoms with Crippen LogP contribution in [0.5, 0.6) is 0 Å². The Kier molecular flexibility index (Phi) is 8.16. The Balaban J connectivity index is 1.58. The predicted molar refractivity (Wildman–Crippen MR) is 152 cm³/mol. The third-order valence-corrected chi connectivity index (χ3v) is 7.12. The number of halogens is 2. The Morgan fingerprint density at radius 2 is 2.00 bits per heavy atom. The second-order valence-electron chi connectivity index (χ2n) is 9.90. The number of carbonyl (C=O) groups excluding carboxylic acids is 3.